The number of hydrogen-bond acceptors (Lipinski definition) is 5. The second kappa shape index (κ2) is 9.30. The van der Waals surface area contributed by atoms with Gasteiger partial charge in [-0.3, -0.25) is 14.0 Å². The van der Waals surface area contributed by atoms with Crippen LogP contribution in [0.3, 0.4) is 0 Å². The van der Waals surface area contributed by atoms with Crippen LogP contribution in [0.1, 0.15) is 11.3 Å². The van der Waals surface area contributed by atoms with Crippen molar-refractivity contribution in [2.24, 2.45) is 0 Å². The first-order chi connectivity index (χ1) is 15.5. The monoisotopic (exact) mass is 433 g/mol. The number of nitrogens with one attached hydrogen (secondary N) is 1. The number of benzene rings is 2. The lowest BCUT2D eigenvalue weighted by molar-refractivity contribution is -0.118. The molecule has 2 aromatic carbocycles. The van der Waals surface area contributed by atoms with Crippen LogP contribution in [0.15, 0.2) is 77.7 Å². The first-order valence-electron chi connectivity index (χ1n) is 9.87. The minimum atomic E-state index is -0.377. The van der Waals surface area contributed by atoms with E-state index in [1.807, 2.05) is 19.1 Å². The zero-order chi connectivity index (χ0) is 22.5. The number of halogens is 1. The summed E-state index contributed by atoms with van der Waals surface area (Å²) in [6.07, 6.45) is 1.66. The molecule has 4 rings (SSSR count). The van der Waals surface area contributed by atoms with Gasteiger partial charge < -0.3 is 14.8 Å². The van der Waals surface area contributed by atoms with Gasteiger partial charge in [0.05, 0.1) is 5.69 Å². The molecule has 0 saturated carbocycles. The third-order valence-electron chi connectivity index (χ3n) is 4.66. The number of hydrogen-bond donors (Lipinski definition) is 1. The largest absolute Gasteiger partial charge is 0.487 e. The average Bonchev–Trinajstić information content (AvgIpc) is 2.79. The van der Waals surface area contributed by atoms with Crippen LogP contribution < -0.4 is 20.3 Å². The van der Waals surface area contributed by atoms with E-state index in [-0.39, 0.29) is 30.5 Å². The first-order valence-corrected chi connectivity index (χ1v) is 9.87. The predicted molar refractivity (Wildman–Crippen MR) is 117 cm³/mol. The second-order valence-electron chi connectivity index (χ2n) is 7.07. The standard InChI is InChI=1S/C24H20FN3O4/c1-16-5-8-18(27-23(29)15-31-20-9-6-17(25)7-10-20)12-21(16)32-14-19-13-24(30)28-11-3-2-4-22(28)26-19/h2-13H,14-15H2,1H3,(H,27,29). The van der Waals surface area contributed by atoms with Crippen LogP contribution in [-0.2, 0) is 11.4 Å². The topological polar surface area (TPSA) is 81.9 Å². The maximum Gasteiger partial charge on any atom is 0.262 e. The predicted octanol–water partition coefficient (Wildman–Crippen LogP) is 3.74. The molecule has 0 atom stereocenters. The Balaban J connectivity index is 1.39. The van der Waals surface area contributed by atoms with Gasteiger partial charge in [-0.1, -0.05) is 12.1 Å². The van der Waals surface area contributed by atoms with Gasteiger partial charge in [-0.15, -0.1) is 0 Å². The van der Waals surface area contributed by atoms with Crippen molar-refractivity contribution in [3.8, 4) is 11.5 Å². The van der Waals surface area contributed by atoms with Crippen LogP contribution >= 0.6 is 0 Å². The molecule has 1 amide bonds. The van der Waals surface area contributed by atoms with Gasteiger partial charge in [0.2, 0.25) is 0 Å². The van der Waals surface area contributed by atoms with Crippen LogP contribution in [0.5, 0.6) is 11.5 Å². The number of aromatic nitrogens is 2. The number of amides is 1. The molecular weight excluding hydrogens is 413 g/mol. The van der Waals surface area contributed by atoms with E-state index in [2.05, 4.69) is 10.3 Å². The first kappa shape index (κ1) is 21.0. The van der Waals surface area contributed by atoms with Crippen molar-refractivity contribution in [3.63, 3.8) is 0 Å². The van der Waals surface area contributed by atoms with E-state index in [1.54, 1.807) is 30.5 Å². The molecule has 4 aromatic rings. The van der Waals surface area contributed by atoms with Gasteiger partial charge in [0.25, 0.3) is 11.5 Å². The summed E-state index contributed by atoms with van der Waals surface area (Å²) in [6, 6.07) is 17.4. The van der Waals surface area contributed by atoms with Gasteiger partial charge in [-0.25, -0.2) is 9.37 Å². The highest BCUT2D eigenvalue weighted by molar-refractivity contribution is 5.92. The molecule has 0 fully saturated rings. The van der Waals surface area contributed by atoms with E-state index < -0.39 is 0 Å². The summed E-state index contributed by atoms with van der Waals surface area (Å²) in [7, 11) is 0. The number of anilines is 1. The Labute approximate surface area is 183 Å². The summed E-state index contributed by atoms with van der Waals surface area (Å²) in [4.78, 5) is 28.9. The summed E-state index contributed by atoms with van der Waals surface area (Å²) >= 11 is 0. The van der Waals surface area contributed by atoms with Crippen molar-refractivity contribution in [1.82, 2.24) is 9.38 Å². The van der Waals surface area contributed by atoms with Crippen LogP contribution in [0, 0.1) is 12.7 Å². The minimum absolute atomic E-state index is 0.104. The van der Waals surface area contributed by atoms with Crippen molar-refractivity contribution in [1.29, 1.82) is 0 Å². The Hall–Kier alpha value is -4.20. The van der Waals surface area contributed by atoms with Crippen molar-refractivity contribution >= 4 is 17.2 Å². The van der Waals surface area contributed by atoms with E-state index in [0.29, 0.717) is 28.5 Å². The van der Waals surface area contributed by atoms with Crippen molar-refractivity contribution in [2.75, 3.05) is 11.9 Å². The Kier molecular flexibility index (Phi) is 6.12. The van der Waals surface area contributed by atoms with Gasteiger partial charge in [-0.2, -0.15) is 0 Å². The van der Waals surface area contributed by atoms with Gasteiger partial charge in [0.1, 0.15) is 29.6 Å². The fourth-order valence-corrected chi connectivity index (χ4v) is 3.04. The Morgan fingerprint density at radius 1 is 1.06 bits per heavy atom. The maximum atomic E-state index is 12.9. The molecular formula is C24H20FN3O4. The lowest BCUT2D eigenvalue weighted by Crippen LogP contribution is -2.20. The summed E-state index contributed by atoms with van der Waals surface area (Å²) in [5.41, 5.74) is 2.25. The van der Waals surface area contributed by atoms with Gasteiger partial charge >= 0.3 is 0 Å². The number of carbonyl (C=O) groups excluding carboxylic acids is 1. The molecule has 0 radical (unpaired) electrons. The summed E-state index contributed by atoms with van der Waals surface area (Å²) in [5.74, 6) is 0.206. The highest BCUT2D eigenvalue weighted by Crippen LogP contribution is 2.23. The van der Waals surface area contributed by atoms with Gasteiger partial charge in [0, 0.05) is 24.0 Å². The third kappa shape index (κ3) is 5.10. The van der Waals surface area contributed by atoms with Crippen molar-refractivity contribution in [3.05, 3.63) is 100 Å². The molecule has 0 spiro atoms. The molecule has 7 nitrogen and oxygen atoms in total. The quantitative estimate of drug-likeness (QED) is 0.480. The van der Waals surface area contributed by atoms with Gasteiger partial charge in [-0.05, 0) is 55.0 Å². The molecule has 162 valence electrons. The fraction of sp³-hybridized carbons (Fsp3) is 0.125. The molecule has 32 heavy (non-hydrogen) atoms. The summed E-state index contributed by atoms with van der Waals surface area (Å²) in [6.45, 7) is 1.76. The Morgan fingerprint density at radius 2 is 1.88 bits per heavy atom. The number of pyridine rings is 1. The van der Waals surface area contributed by atoms with E-state index in [4.69, 9.17) is 9.47 Å². The Morgan fingerprint density at radius 3 is 2.69 bits per heavy atom. The molecule has 0 aliphatic rings. The van der Waals surface area contributed by atoms with E-state index >= 15 is 0 Å². The normalized spacial score (nSPS) is 10.7. The fourth-order valence-electron chi connectivity index (χ4n) is 3.04. The SMILES string of the molecule is Cc1ccc(NC(=O)COc2ccc(F)cc2)cc1OCc1cc(=O)n2ccccc2n1. The number of aryl methyl sites for hydroxylation is 1. The molecule has 0 aliphatic heterocycles. The molecule has 8 heteroatoms. The minimum Gasteiger partial charge on any atom is -0.487 e. The van der Waals surface area contributed by atoms with Crippen LogP contribution in [-0.4, -0.2) is 21.9 Å². The highest BCUT2D eigenvalue weighted by Gasteiger charge is 2.09. The second-order valence-corrected chi connectivity index (χ2v) is 7.07. The average molecular weight is 433 g/mol. The highest BCUT2D eigenvalue weighted by atomic mass is 19.1. The number of ether oxygens (including phenoxy) is 2. The van der Waals surface area contributed by atoms with Crippen molar-refractivity contribution < 1.29 is 18.7 Å². The zero-order valence-electron chi connectivity index (χ0n) is 17.2. The van der Waals surface area contributed by atoms with Crippen LogP contribution in [0.25, 0.3) is 5.65 Å². The number of carbonyl (C=O) groups is 1. The smallest absolute Gasteiger partial charge is 0.262 e. The molecule has 1 N–H and O–H groups in total. The van der Waals surface area contributed by atoms with Crippen LogP contribution in [0.4, 0.5) is 10.1 Å². The number of fused-ring (bicyclic) bond motifs is 1. The number of rotatable bonds is 7. The van der Waals surface area contributed by atoms with Crippen molar-refractivity contribution in [2.45, 2.75) is 13.5 Å². The summed E-state index contributed by atoms with van der Waals surface area (Å²) in [5, 5.41) is 2.74. The molecule has 0 bridgehead atoms. The van der Waals surface area contributed by atoms with Gasteiger partial charge in [0.15, 0.2) is 6.61 Å². The molecule has 2 heterocycles. The van der Waals surface area contributed by atoms with E-state index in [0.717, 1.165) is 5.56 Å². The van der Waals surface area contributed by atoms with E-state index in [1.165, 1.54) is 34.7 Å². The molecule has 0 aliphatic carbocycles. The molecule has 0 unspecified atom stereocenters. The molecule has 2 aromatic heterocycles. The molecule has 0 saturated heterocycles. The zero-order valence-corrected chi connectivity index (χ0v) is 17.2. The van der Waals surface area contributed by atoms with E-state index in [9.17, 15) is 14.0 Å². The maximum absolute atomic E-state index is 12.9. The number of nitrogens with zero attached hydrogens (tertiary/aromatic N) is 2. The van der Waals surface area contributed by atoms with Crippen LogP contribution in [0.2, 0.25) is 0 Å². The summed E-state index contributed by atoms with van der Waals surface area (Å²) < 4.78 is 25.6. The lowest BCUT2D eigenvalue weighted by atomic mass is 10.2. The lowest BCUT2D eigenvalue weighted by Gasteiger charge is -2.12. The third-order valence-corrected chi connectivity index (χ3v) is 4.66. The Bertz CT molecular complexity index is 1320.